The number of rotatable bonds is 4. The summed E-state index contributed by atoms with van der Waals surface area (Å²) < 4.78 is 40.0. The maximum Gasteiger partial charge on any atom is 0.243 e. The number of hydrogen-bond donors (Lipinski definition) is 2. The number of nitrogens with one attached hydrogen (secondary N) is 1. The van der Waals surface area contributed by atoms with E-state index >= 15 is 0 Å². The van der Waals surface area contributed by atoms with Gasteiger partial charge >= 0.3 is 0 Å². The maximum absolute atomic E-state index is 13.0. The summed E-state index contributed by atoms with van der Waals surface area (Å²) in [5.74, 6) is -0.405. The Morgan fingerprint density at radius 3 is 2.55 bits per heavy atom. The van der Waals surface area contributed by atoms with E-state index in [0.717, 1.165) is 0 Å². The summed E-state index contributed by atoms with van der Waals surface area (Å²) in [6.45, 7) is 1.68. The number of sulfonamides is 1. The van der Waals surface area contributed by atoms with Gasteiger partial charge in [-0.2, -0.15) is 0 Å². The number of hydrogen-bond acceptors (Lipinski definition) is 3. The van der Waals surface area contributed by atoms with Crippen molar-refractivity contribution in [1.29, 1.82) is 0 Å². The van der Waals surface area contributed by atoms with E-state index < -0.39 is 15.8 Å². The van der Waals surface area contributed by atoms with Gasteiger partial charge in [-0.25, -0.2) is 17.5 Å². The molecule has 0 unspecified atom stereocenters. The maximum atomic E-state index is 13.0. The molecule has 4 nitrogen and oxygen atoms in total. The quantitative estimate of drug-likeness (QED) is 0.849. The molecule has 0 aliphatic carbocycles. The van der Waals surface area contributed by atoms with Gasteiger partial charge in [-0.15, -0.1) is 0 Å². The van der Waals surface area contributed by atoms with Crippen LogP contribution in [0.4, 0.5) is 10.1 Å². The van der Waals surface area contributed by atoms with Crippen molar-refractivity contribution < 1.29 is 12.8 Å². The highest BCUT2D eigenvalue weighted by Crippen LogP contribution is 2.22. The molecule has 0 amide bonds. The molecule has 0 atom stereocenters. The van der Waals surface area contributed by atoms with Crippen LogP contribution >= 0.6 is 0 Å². The first-order chi connectivity index (χ1) is 9.40. The molecule has 0 aliphatic rings. The largest absolute Gasteiger partial charge is 0.398 e. The van der Waals surface area contributed by atoms with Gasteiger partial charge in [0.25, 0.3) is 0 Å². The molecule has 2 rings (SSSR count). The average Bonchev–Trinajstić information content (AvgIpc) is 2.36. The van der Waals surface area contributed by atoms with Crippen LogP contribution in [-0.2, 0) is 16.6 Å². The molecule has 0 bridgehead atoms. The van der Waals surface area contributed by atoms with E-state index in [0.29, 0.717) is 11.1 Å². The van der Waals surface area contributed by atoms with E-state index in [-0.39, 0.29) is 17.1 Å². The molecule has 2 aromatic rings. The number of aryl methyl sites for hydroxylation is 1. The molecule has 6 heteroatoms. The fraction of sp³-hybridized carbons (Fsp3) is 0.143. The van der Waals surface area contributed by atoms with Crippen molar-refractivity contribution in [2.75, 3.05) is 5.73 Å². The van der Waals surface area contributed by atoms with Gasteiger partial charge in [-0.3, -0.25) is 0 Å². The highest BCUT2D eigenvalue weighted by molar-refractivity contribution is 7.89. The molecule has 0 spiro atoms. The molecular weight excluding hydrogens is 279 g/mol. The van der Waals surface area contributed by atoms with Crippen LogP contribution < -0.4 is 10.5 Å². The Morgan fingerprint density at radius 2 is 1.90 bits per heavy atom. The Morgan fingerprint density at radius 1 is 1.20 bits per heavy atom. The lowest BCUT2D eigenvalue weighted by molar-refractivity contribution is 0.580. The summed E-state index contributed by atoms with van der Waals surface area (Å²) in [5, 5.41) is 0. The minimum absolute atomic E-state index is 0.00781. The zero-order valence-corrected chi connectivity index (χ0v) is 11.7. The van der Waals surface area contributed by atoms with Crippen LogP contribution in [0.5, 0.6) is 0 Å². The first-order valence-corrected chi connectivity index (χ1v) is 7.47. The molecule has 0 aliphatic heterocycles. The van der Waals surface area contributed by atoms with Gasteiger partial charge in [0.05, 0.1) is 5.69 Å². The van der Waals surface area contributed by atoms with Crippen LogP contribution in [-0.4, -0.2) is 8.42 Å². The van der Waals surface area contributed by atoms with Crippen LogP contribution in [0.3, 0.4) is 0 Å². The summed E-state index contributed by atoms with van der Waals surface area (Å²) in [4.78, 5) is 0.0661. The monoisotopic (exact) mass is 294 g/mol. The molecule has 0 fully saturated rings. The fourth-order valence-electron chi connectivity index (χ4n) is 1.94. The van der Waals surface area contributed by atoms with Crippen molar-refractivity contribution in [1.82, 2.24) is 4.72 Å². The molecule has 0 saturated carbocycles. The van der Waals surface area contributed by atoms with Gasteiger partial charge in [0.1, 0.15) is 10.7 Å². The predicted molar refractivity (Wildman–Crippen MR) is 76.0 cm³/mol. The molecule has 0 radical (unpaired) electrons. The van der Waals surface area contributed by atoms with Crippen LogP contribution in [0.15, 0.2) is 47.4 Å². The minimum atomic E-state index is -3.73. The summed E-state index contributed by atoms with van der Waals surface area (Å²) in [5.41, 5.74) is 7.02. The van der Waals surface area contributed by atoms with Crippen LogP contribution in [0.2, 0.25) is 0 Å². The van der Waals surface area contributed by atoms with E-state index in [1.165, 1.54) is 24.3 Å². The number of benzene rings is 2. The van der Waals surface area contributed by atoms with E-state index in [9.17, 15) is 12.8 Å². The third kappa shape index (κ3) is 3.15. The molecule has 0 heterocycles. The van der Waals surface area contributed by atoms with E-state index in [4.69, 9.17) is 5.73 Å². The number of halogens is 1. The Hall–Kier alpha value is -1.92. The molecule has 2 aromatic carbocycles. The van der Waals surface area contributed by atoms with Crippen LogP contribution in [0.25, 0.3) is 0 Å². The molecule has 3 N–H and O–H groups in total. The van der Waals surface area contributed by atoms with E-state index in [1.807, 2.05) is 0 Å². The normalized spacial score (nSPS) is 11.5. The average molecular weight is 294 g/mol. The Kier molecular flexibility index (Phi) is 4.06. The zero-order valence-electron chi connectivity index (χ0n) is 10.9. The Labute approximate surface area is 117 Å². The molecule has 0 saturated heterocycles. The third-order valence-corrected chi connectivity index (χ3v) is 4.49. The lowest BCUT2D eigenvalue weighted by Crippen LogP contribution is -2.25. The van der Waals surface area contributed by atoms with Gasteiger partial charge in [-0.05, 0) is 36.2 Å². The van der Waals surface area contributed by atoms with E-state index in [2.05, 4.69) is 4.72 Å². The van der Waals surface area contributed by atoms with Crippen molar-refractivity contribution in [2.45, 2.75) is 18.4 Å². The highest BCUT2D eigenvalue weighted by atomic mass is 32.2. The second-order valence-corrected chi connectivity index (χ2v) is 6.15. The molecule has 20 heavy (non-hydrogen) atoms. The summed E-state index contributed by atoms with van der Waals surface area (Å²) in [6.07, 6.45) is 0. The Balaban J connectivity index is 2.24. The van der Waals surface area contributed by atoms with Gasteiger partial charge < -0.3 is 5.73 Å². The van der Waals surface area contributed by atoms with Crippen molar-refractivity contribution in [3.63, 3.8) is 0 Å². The number of nitrogen functional groups attached to an aromatic ring is 1. The second-order valence-electron chi connectivity index (χ2n) is 4.45. The summed E-state index contributed by atoms with van der Waals surface area (Å²) in [7, 11) is -3.73. The molecular formula is C14H15FN2O2S. The number of anilines is 1. The summed E-state index contributed by atoms with van der Waals surface area (Å²) >= 11 is 0. The molecule has 0 aromatic heterocycles. The SMILES string of the molecule is Cc1cccc(N)c1S(=O)(=O)NCc1cccc(F)c1. The summed E-state index contributed by atoms with van der Waals surface area (Å²) in [6, 6.07) is 10.7. The molecule has 106 valence electrons. The standard InChI is InChI=1S/C14H15FN2O2S/c1-10-4-2-7-13(16)14(10)20(18,19)17-9-11-5-3-6-12(15)8-11/h2-8,17H,9,16H2,1H3. The minimum Gasteiger partial charge on any atom is -0.398 e. The number of nitrogens with two attached hydrogens (primary N) is 1. The van der Waals surface area contributed by atoms with Gasteiger partial charge in [-0.1, -0.05) is 24.3 Å². The Bertz CT molecular complexity index is 709. The van der Waals surface area contributed by atoms with Gasteiger partial charge in [0.2, 0.25) is 10.0 Å². The van der Waals surface area contributed by atoms with Crippen molar-refractivity contribution in [3.8, 4) is 0 Å². The van der Waals surface area contributed by atoms with Crippen LogP contribution in [0, 0.1) is 12.7 Å². The van der Waals surface area contributed by atoms with Gasteiger partial charge in [0.15, 0.2) is 0 Å². The topological polar surface area (TPSA) is 72.2 Å². The first-order valence-electron chi connectivity index (χ1n) is 5.99. The zero-order chi connectivity index (χ0) is 14.8. The van der Waals surface area contributed by atoms with Gasteiger partial charge in [0, 0.05) is 6.54 Å². The second kappa shape index (κ2) is 5.60. The first kappa shape index (κ1) is 14.5. The smallest absolute Gasteiger partial charge is 0.243 e. The van der Waals surface area contributed by atoms with Crippen molar-refractivity contribution in [3.05, 3.63) is 59.4 Å². The van der Waals surface area contributed by atoms with Crippen molar-refractivity contribution in [2.24, 2.45) is 0 Å². The highest BCUT2D eigenvalue weighted by Gasteiger charge is 2.19. The van der Waals surface area contributed by atoms with E-state index in [1.54, 1.807) is 25.1 Å². The van der Waals surface area contributed by atoms with Crippen LogP contribution in [0.1, 0.15) is 11.1 Å². The van der Waals surface area contributed by atoms with Crippen molar-refractivity contribution >= 4 is 15.7 Å². The lowest BCUT2D eigenvalue weighted by Gasteiger charge is -2.11. The lowest BCUT2D eigenvalue weighted by atomic mass is 10.2. The predicted octanol–water partition coefficient (Wildman–Crippen LogP) is 2.19. The third-order valence-electron chi connectivity index (χ3n) is 2.87. The fourth-order valence-corrected chi connectivity index (χ4v) is 3.31.